The fraction of sp³-hybridized carbons (Fsp3) is 0.312. The van der Waals surface area contributed by atoms with Crippen LogP contribution < -0.4 is 0 Å². The summed E-state index contributed by atoms with van der Waals surface area (Å²) in [5, 5.41) is 2.06. The first-order chi connectivity index (χ1) is 9.58. The highest BCUT2D eigenvalue weighted by Crippen LogP contribution is 2.33. The minimum atomic E-state index is -0.432. The molecule has 1 aromatic carbocycles. The van der Waals surface area contributed by atoms with E-state index in [4.69, 9.17) is 0 Å². The molecule has 1 aromatic heterocycles. The van der Waals surface area contributed by atoms with Crippen LogP contribution in [0.5, 0.6) is 0 Å². The summed E-state index contributed by atoms with van der Waals surface area (Å²) in [5.41, 5.74) is 2.19. The zero-order valence-electron chi connectivity index (χ0n) is 11.5. The first kappa shape index (κ1) is 13.3. The summed E-state index contributed by atoms with van der Waals surface area (Å²) in [6.45, 7) is 4.48. The van der Waals surface area contributed by atoms with Gasteiger partial charge >= 0.3 is 0 Å². The van der Waals surface area contributed by atoms with Crippen LogP contribution in [0.15, 0.2) is 29.6 Å². The molecule has 2 nitrogen and oxygen atoms in total. The SMILES string of the molecule is Cc1ccc(C(=O)N2CCc3sccc3C2C)c(F)c1. The summed E-state index contributed by atoms with van der Waals surface area (Å²) in [6.07, 6.45) is 0.858. The molecule has 1 aliphatic heterocycles. The van der Waals surface area contributed by atoms with Crippen LogP contribution in [0.1, 0.15) is 39.3 Å². The Kier molecular flexibility index (Phi) is 3.34. The molecule has 104 valence electrons. The minimum absolute atomic E-state index is 0.0122. The van der Waals surface area contributed by atoms with Crippen molar-refractivity contribution in [2.75, 3.05) is 6.54 Å². The Morgan fingerprint density at radius 3 is 2.95 bits per heavy atom. The van der Waals surface area contributed by atoms with E-state index in [0.717, 1.165) is 12.0 Å². The Hall–Kier alpha value is -1.68. The van der Waals surface area contributed by atoms with E-state index in [1.165, 1.54) is 16.5 Å². The van der Waals surface area contributed by atoms with Crippen LogP contribution >= 0.6 is 11.3 Å². The zero-order valence-corrected chi connectivity index (χ0v) is 12.3. The number of nitrogens with zero attached hydrogens (tertiary/aromatic N) is 1. The van der Waals surface area contributed by atoms with Crippen LogP contribution in [-0.2, 0) is 6.42 Å². The van der Waals surface area contributed by atoms with E-state index in [1.54, 1.807) is 28.4 Å². The predicted octanol–water partition coefficient (Wildman–Crippen LogP) is 3.96. The molecule has 0 N–H and O–H groups in total. The fourth-order valence-corrected chi connectivity index (χ4v) is 3.70. The zero-order chi connectivity index (χ0) is 14.3. The molecule has 0 saturated heterocycles. The highest BCUT2D eigenvalue weighted by Gasteiger charge is 2.30. The normalized spacial score (nSPS) is 17.9. The molecular weight excluding hydrogens is 273 g/mol. The summed E-state index contributed by atoms with van der Waals surface area (Å²) in [7, 11) is 0. The average molecular weight is 289 g/mol. The van der Waals surface area contributed by atoms with Gasteiger partial charge in [0.2, 0.25) is 0 Å². The lowest BCUT2D eigenvalue weighted by Crippen LogP contribution is -2.38. The van der Waals surface area contributed by atoms with Gasteiger partial charge in [-0.15, -0.1) is 11.3 Å². The Labute approximate surface area is 121 Å². The van der Waals surface area contributed by atoms with Gasteiger partial charge in [0.15, 0.2) is 0 Å². The van der Waals surface area contributed by atoms with Crippen molar-refractivity contribution < 1.29 is 9.18 Å². The van der Waals surface area contributed by atoms with Crippen molar-refractivity contribution in [1.82, 2.24) is 4.90 Å². The van der Waals surface area contributed by atoms with Gasteiger partial charge in [-0.1, -0.05) is 6.07 Å². The number of hydrogen-bond donors (Lipinski definition) is 0. The predicted molar refractivity (Wildman–Crippen MR) is 78.6 cm³/mol. The van der Waals surface area contributed by atoms with Crippen molar-refractivity contribution in [1.29, 1.82) is 0 Å². The quantitative estimate of drug-likeness (QED) is 0.778. The van der Waals surface area contributed by atoms with Crippen molar-refractivity contribution in [2.45, 2.75) is 26.3 Å². The molecule has 1 aliphatic rings. The highest BCUT2D eigenvalue weighted by molar-refractivity contribution is 7.10. The number of fused-ring (bicyclic) bond motifs is 1. The van der Waals surface area contributed by atoms with E-state index in [9.17, 15) is 9.18 Å². The van der Waals surface area contributed by atoms with E-state index >= 15 is 0 Å². The van der Waals surface area contributed by atoms with Gasteiger partial charge in [-0.05, 0) is 55.0 Å². The molecule has 2 heterocycles. The molecule has 0 aliphatic carbocycles. The van der Waals surface area contributed by atoms with Gasteiger partial charge in [0.25, 0.3) is 5.91 Å². The molecule has 1 atom stereocenters. The number of halogens is 1. The number of thiophene rings is 1. The van der Waals surface area contributed by atoms with Crippen LogP contribution in [0.4, 0.5) is 4.39 Å². The van der Waals surface area contributed by atoms with E-state index in [-0.39, 0.29) is 17.5 Å². The van der Waals surface area contributed by atoms with Gasteiger partial charge in [0.05, 0.1) is 11.6 Å². The Morgan fingerprint density at radius 2 is 2.20 bits per heavy atom. The second kappa shape index (κ2) is 5.02. The van der Waals surface area contributed by atoms with Gasteiger partial charge in [-0.3, -0.25) is 4.79 Å². The van der Waals surface area contributed by atoms with Crippen molar-refractivity contribution >= 4 is 17.2 Å². The topological polar surface area (TPSA) is 20.3 Å². The standard InChI is InChI=1S/C16H16FNOS/c1-10-3-4-13(14(17)9-10)16(19)18-7-5-15-12(11(18)2)6-8-20-15/h3-4,6,8-9,11H,5,7H2,1-2H3. The van der Waals surface area contributed by atoms with Crippen LogP contribution in [0, 0.1) is 12.7 Å². The second-order valence-electron chi connectivity index (χ2n) is 5.21. The van der Waals surface area contributed by atoms with Crippen LogP contribution in [0.2, 0.25) is 0 Å². The summed E-state index contributed by atoms with van der Waals surface area (Å²) in [5.74, 6) is -0.648. The van der Waals surface area contributed by atoms with E-state index in [0.29, 0.717) is 6.54 Å². The third-order valence-corrected chi connectivity index (χ3v) is 4.89. The lowest BCUT2D eigenvalue weighted by Gasteiger charge is -2.33. The first-order valence-corrected chi connectivity index (χ1v) is 7.59. The number of carbonyl (C=O) groups is 1. The van der Waals surface area contributed by atoms with Crippen molar-refractivity contribution in [3.8, 4) is 0 Å². The monoisotopic (exact) mass is 289 g/mol. The summed E-state index contributed by atoms with van der Waals surface area (Å²) in [6, 6.07) is 6.86. The number of hydrogen-bond acceptors (Lipinski definition) is 2. The number of amides is 1. The molecule has 4 heteroatoms. The molecule has 0 radical (unpaired) electrons. The maximum absolute atomic E-state index is 14.0. The molecule has 0 bridgehead atoms. The largest absolute Gasteiger partial charge is 0.331 e. The molecule has 1 unspecified atom stereocenters. The van der Waals surface area contributed by atoms with Gasteiger partial charge in [0.1, 0.15) is 5.82 Å². The van der Waals surface area contributed by atoms with Crippen molar-refractivity contribution in [2.24, 2.45) is 0 Å². The summed E-state index contributed by atoms with van der Waals surface area (Å²) in [4.78, 5) is 15.7. The molecule has 3 rings (SSSR count). The molecular formula is C16H16FNOS. The van der Waals surface area contributed by atoms with Gasteiger partial charge in [-0.2, -0.15) is 0 Å². The Balaban J connectivity index is 1.92. The van der Waals surface area contributed by atoms with Crippen LogP contribution in [0.3, 0.4) is 0 Å². The average Bonchev–Trinajstić information content (AvgIpc) is 2.87. The molecule has 0 spiro atoms. The third-order valence-electron chi connectivity index (χ3n) is 3.89. The molecule has 0 fully saturated rings. The van der Waals surface area contributed by atoms with E-state index in [1.807, 2.05) is 13.8 Å². The van der Waals surface area contributed by atoms with Crippen LogP contribution in [0.25, 0.3) is 0 Å². The van der Waals surface area contributed by atoms with Crippen molar-refractivity contribution in [3.05, 3.63) is 57.0 Å². The van der Waals surface area contributed by atoms with Gasteiger partial charge in [-0.25, -0.2) is 4.39 Å². The highest BCUT2D eigenvalue weighted by atomic mass is 32.1. The molecule has 0 saturated carbocycles. The Morgan fingerprint density at radius 1 is 1.40 bits per heavy atom. The first-order valence-electron chi connectivity index (χ1n) is 6.71. The smallest absolute Gasteiger partial charge is 0.257 e. The maximum Gasteiger partial charge on any atom is 0.257 e. The van der Waals surface area contributed by atoms with Gasteiger partial charge < -0.3 is 4.90 Å². The third kappa shape index (κ3) is 2.14. The number of rotatable bonds is 1. The summed E-state index contributed by atoms with van der Waals surface area (Å²) < 4.78 is 14.0. The second-order valence-corrected chi connectivity index (χ2v) is 6.21. The number of aryl methyl sites for hydroxylation is 1. The number of carbonyl (C=O) groups excluding carboxylic acids is 1. The van der Waals surface area contributed by atoms with E-state index in [2.05, 4.69) is 11.4 Å². The van der Waals surface area contributed by atoms with Crippen molar-refractivity contribution in [3.63, 3.8) is 0 Å². The maximum atomic E-state index is 14.0. The summed E-state index contributed by atoms with van der Waals surface area (Å²) >= 11 is 1.73. The fourth-order valence-electron chi connectivity index (χ4n) is 2.74. The lowest BCUT2D eigenvalue weighted by atomic mass is 10.00. The van der Waals surface area contributed by atoms with E-state index < -0.39 is 5.82 Å². The minimum Gasteiger partial charge on any atom is -0.331 e. The molecule has 20 heavy (non-hydrogen) atoms. The number of benzene rings is 1. The molecule has 1 amide bonds. The van der Waals surface area contributed by atoms with Crippen LogP contribution in [-0.4, -0.2) is 17.4 Å². The van der Waals surface area contributed by atoms with Gasteiger partial charge in [0, 0.05) is 11.4 Å². The Bertz CT molecular complexity index is 664. The molecule has 2 aromatic rings. The lowest BCUT2D eigenvalue weighted by molar-refractivity contribution is 0.0674.